The number of nitrogens with zero attached hydrogens (tertiary/aromatic N) is 4. The van der Waals surface area contributed by atoms with Crippen molar-refractivity contribution in [3.63, 3.8) is 0 Å². The summed E-state index contributed by atoms with van der Waals surface area (Å²) in [5.74, 6) is -0.186. The number of carbonyl (C=O) groups excluding carboxylic acids is 3. The zero-order valence-electron chi connectivity index (χ0n) is 19.8. The normalized spacial score (nSPS) is 18.0. The first kappa shape index (κ1) is 26.1. The number of hydrogen-bond acceptors (Lipinski definition) is 6. The molecule has 2 fully saturated rings. The van der Waals surface area contributed by atoms with Gasteiger partial charge in [0.2, 0.25) is 27.7 Å². The number of sulfonamides is 1. The van der Waals surface area contributed by atoms with Gasteiger partial charge in [0, 0.05) is 71.7 Å². The maximum Gasteiger partial charge on any atom is 0.243 e. The van der Waals surface area contributed by atoms with Crippen molar-refractivity contribution < 1.29 is 22.8 Å². The van der Waals surface area contributed by atoms with E-state index in [9.17, 15) is 22.8 Å². The van der Waals surface area contributed by atoms with Crippen molar-refractivity contribution >= 4 is 27.7 Å². The zero-order valence-corrected chi connectivity index (χ0v) is 20.6. The van der Waals surface area contributed by atoms with E-state index < -0.39 is 10.0 Å². The summed E-state index contributed by atoms with van der Waals surface area (Å²) < 4.78 is 26.9. The van der Waals surface area contributed by atoms with Gasteiger partial charge in [0.05, 0.1) is 11.4 Å². The average molecular weight is 494 g/mol. The van der Waals surface area contributed by atoms with Crippen molar-refractivity contribution in [2.45, 2.75) is 31.1 Å². The third-order valence-electron chi connectivity index (χ3n) is 6.19. The highest BCUT2D eigenvalue weighted by Gasteiger charge is 2.30. The van der Waals surface area contributed by atoms with Crippen LogP contribution in [-0.2, 0) is 24.4 Å². The minimum Gasteiger partial charge on any atom is -0.355 e. The van der Waals surface area contributed by atoms with Crippen LogP contribution < -0.4 is 5.32 Å². The van der Waals surface area contributed by atoms with Crippen LogP contribution in [0.4, 0.5) is 0 Å². The Morgan fingerprint density at radius 2 is 1.35 bits per heavy atom. The Hall–Kier alpha value is -2.50. The van der Waals surface area contributed by atoms with E-state index in [4.69, 9.17) is 0 Å². The molecule has 0 saturated carbocycles. The summed E-state index contributed by atoms with van der Waals surface area (Å²) in [5.41, 5.74) is 0. The van der Waals surface area contributed by atoms with Crippen LogP contribution in [0.5, 0.6) is 0 Å². The van der Waals surface area contributed by atoms with Crippen molar-refractivity contribution in [1.29, 1.82) is 0 Å². The molecule has 0 unspecified atom stereocenters. The average Bonchev–Trinajstić information content (AvgIpc) is 2.87. The molecule has 0 aliphatic carbocycles. The lowest BCUT2D eigenvalue weighted by molar-refractivity contribution is -0.138. The molecule has 34 heavy (non-hydrogen) atoms. The fourth-order valence-electron chi connectivity index (χ4n) is 4.13. The number of nitrogens with one attached hydrogen (secondary N) is 1. The minimum absolute atomic E-state index is 0.00360. The molecule has 188 valence electrons. The second kappa shape index (κ2) is 12.3. The molecule has 10 nitrogen and oxygen atoms in total. The van der Waals surface area contributed by atoms with E-state index in [0.717, 1.165) is 6.42 Å². The number of hydrogen-bond donors (Lipinski definition) is 1. The first-order valence-electron chi connectivity index (χ1n) is 11.9. The van der Waals surface area contributed by atoms with Crippen LogP contribution in [0.2, 0.25) is 0 Å². The number of carbonyl (C=O) groups is 3. The molecule has 0 bridgehead atoms. The summed E-state index contributed by atoms with van der Waals surface area (Å²) in [6.45, 7) is 6.50. The first-order valence-corrected chi connectivity index (χ1v) is 13.3. The lowest BCUT2D eigenvalue weighted by atomic mass is 10.2. The van der Waals surface area contributed by atoms with E-state index in [2.05, 4.69) is 5.32 Å². The third kappa shape index (κ3) is 7.00. The van der Waals surface area contributed by atoms with Crippen LogP contribution >= 0.6 is 0 Å². The van der Waals surface area contributed by atoms with Gasteiger partial charge in [0.1, 0.15) is 0 Å². The van der Waals surface area contributed by atoms with Crippen LogP contribution in [0.25, 0.3) is 0 Å². The summed E-state index contributed by atoms with van der Waals surface area (Å²) in [7, 11) is -3.56. The molecule has 0 aromatic heterocycles. The largest absolute Gasteiger partial charge is 0.355 e. The molecule has 2 aliphatic rings. The molecule has 1 N–H and O–H groups in total. The molecule has 0 spiro atoms. The predicted molar refractivity (Wildman–Crippen MR) is 127 cm³/mol. The van der Waals surface area contributed by atoms with Crippen LogP contribution in [0.15, 0.2) is 35.2 Å². The molecule has 0 atom stereocenters. The molecule has 0 radical (unpaired) electrons. The monoisotopic (exact) mass is 493 g/mol. The van der Waals surface area contributed by atoms with Crippen LogP contribution in [0.3, 0.4) is 0 Å². The van der Waals surface area contributed by atoms with Crippen molar-refractivity contribution in [1.82, 2.24) is 24.3 Å². The molecule has 3 amide bonds. The van der Waals surface area contributed by atoms with E-state index in [1.54, 1.807) is 40.1 Å². The van der Waals surface area contributed by atoms with Gasteiger partial charge in [-0.1, -0.05) is 25.1 Å². The van der Waals surface area contributed by atoms with E-state index in [-0.39, 0.29) is 48.5 Å². The summed E-state index contributed by atoms with van der Waals surface area (Å²) in [4.78, 5) is 42.7. The van der Waals surface area contributed by atoms with Crippen molar-refractivity contribution in [2.75, 3.05) is 65.4 Å². The predicted octanol–water partition coefficient (Wildman–Crippen LogP) is -0.0299. The fraction of sp³-hybridized carbons (Fsp3) is 0.609. The Balaban J connectivity index is 1.37. The molecular formula is C23H35N5O5S. The van der Waals surface area contributed by atoms with Gasteiger partial charge in [-0.2, -0.15) is 4.31 Å². The lowest BCUT2D eigenvalue weighted by Gasteiger charge is -2.35. The van der Waals surface area contributed by atoms with Crippen molar-refractivity contribution in [3.8, 4) is 0 Å². The Morgan fingerprint density at radius 1 is 0.824 bits per heavy atom. The van der Waals surface area contributed by atoms with Crippen molar-refractivity contribution in [2.24, 2.45) is 0 Å². The molecule has 11 heteroatoms. The summed E-state index contributed by atoms with van der Waals surface area (Å²) in [5, 5.41) is 2.86. The fourth-order valence-corrected chi connectivity index (χ4v) is 5.57. The minimum atomic E-state index is -3.56. The second-order valence-corrected chi connectivity index (χ2v) is 10.5. The quantitative estimate of drug-likeness (QED) is 0.517. The first-order chi connectivity index (χ1) is 16.3. The van der Waals surface area contributed by atoms with Crippen LogP contribution in [-0.4, -0.2) is 111 Å². The Bertz CT molecular complexity index is 940. The third-order valence-corrected chi connectivity index (χ3v) is 8.10. The van der Waals surface area contributed by atoms with E-state index in [1.807, 2.05) is 11.8 Å². The van der Waals surface area contributed by atoms with E-state index in [0.29, 0.717) is 52.4 Å². The highest BCUT2D eigenvalue weighted by molar-refractivity contribution is 7.89. The van der Waals surface area contributed by atoms with Gasteiger partial charge >= 0.3 is 0 Å². The van der Waals surface area contributed by atoms with Gasteiger partial charge < -0.3 is 15.1 Å². The van der Waals surface area contributed by atoms with Gasteiger partial charge in [-0.25, -0.2) is 8.42 Å². The highest BCUT2D eigenvalue weighted by atomic mass is 32.2. The molecule has 2 aliphatic heterocycles. The number of piperazine rings is 2. The van der Waals surface area contributed by atoms with Crippen LogP contribution in [0.1, 0.15) is 26.2 Å². The Morgan fingerprint density at radius 3 is 1.88 bits per heavy atom. The maximum absolute atomic E-state index is 12.7. The Kier molecular flexibility index (Phi) is 9.43. The van der Waals surface area contributed by atoms with Gasteiger partial charge in [-0.15, -0.1) is 0 Å². The molecule has 3 rings (SSSR count). The van der Waals surface area contributed by atoms with Crippen LogP contribution in [0, 0.1) is 0 Å². The molecule has 1 aromatic rings. The summed E-state index contributed by atoms with van der Waals surface area (Å²) in [6.07, 6.45) is 1.15. The Labute approximate surface area is 201 Å². The highest BCUT2D eigenvalue weighted by Crippen LogP contribution is 2.18. The number of benzene rings is 1. The van der Waals surface area contributed by atoms with Gasteiger partial charge in [-0.3, -0.25) is 19.3 Å². The van der Waals surface area contributed by atoms with Crippen molar-refractivity contribution in [3.05, 3.63) is 30.3 Å². The molecule has 1 aromatic carbocycles. The summed E-state index contributed by atoms with van der Waals surface area (Å²) >= 11 is 0. The number of amides is 3. The molecule has 2 heterocycles. The van der Waals surface area contributed by atoms with E-state index in [1.165, 1.54) is 4.31 Å². The molecule has 2 saturated heterocycles. The maximum atomic E-state index is 12.7. The number of rotatable bonds is 9. The SMILES string of the molecule is CCCNC(=O)CN1CCN(C(=O)CCC(=O)N2CCN(S(=O)(=O)c3ccccc3)CC2)CC1. The van der Waals surface area contributed by atoms with Gasteiger partial charge in [0.25, 0.3) is 0 Å². The standard InChI is InChI=1S/C23H35N5O5S/c1-2-10-24-21(29)19-25-11-13-26(14-12-25)22(30)8-9-23(31)27-15-17-28(18-16-27)34(32,33)20-6-4-3-5-7-20/h3-7H,2,8-19H2,1H3,(H,24,29). The van der Waals surface area contributed by atoms with Gasteiger partial charge in [-0.05, 0) is 18.6 Å². The second-order valence-electron chi connectivity index (χ2n) is 8.60. The van der Waals surface area contributed by atoms with E-state index >= 15 is 0 Å². The summed E-state index contributed by atoms with van der Waals surface area (Å²) in [6, 6.07) is 8.28. The lowest BCUT2D eigenvalue weighted by Crippen LogP contribution is -2.52. The smallest absolute Gasteiger partial charge is 0.243 e. The van der Waals surface area contributed by atoms with Gasteiger partial charge in [0.15, 0.2) is 0 Å². The topological polar surface area (TPSA) is 110 Å². The molecular weight excluding hydrogens is 458 g/mol. The zero-order chi connectivity index (χ0) is 24.6.